The number of benzene rings is 1. The molecule has 4 rings (SSSR count). The largest absolute Gasteiger partial charge is 0.365 e. The van der Waals surface area contributed by atoms with Crippen molar-refractivity contribution in [2.75, 3.05) is 11.4 Å². The van der Waals surface area contributed by atoms with E-state index in [-0.39, 0.29) is 5.56 Å². The third-order valence-corrected chi connectivity index (χ3v) is 5.69. The van der Waals surface area contributed by atoms with E-state index in [2.05, 4.69) is 46.2 Å². The van der Waals surface area contributed by atoms with E-state index in [9.17, 15) is 4.79 Å². The minimum absolute atomic E-state index is 0.0930. The first-order valence-corrected chi connectivity index (χ1v) is 9.20. The third kappa shape index (κ3) is 2.60. The van der Waals surface area contributed by atoms with Gasteiger partial charge < -0.3 is 4.90 Å². The van der Waals surface area contributed by atoms with Crippen LogP contribution in [0.3, 0.4) is 0 Å². The van der Waals surface area contributed by atoms with Crippen molar-refractivity contribution >= 4 is 22.0 Å². The van der Waals surface area contributed by atoms with Crippen molar-refractivity contribution in [2.45, 2.75) is 39.2 Å². The Balaban J connectivity index is 1.70. The average molecular weight is 340 g/mol. The first-order valence-electron chi connectivity index (χ1n) is 8.38. The molecular formula is C18H20N4OS. The molecule has 2 aromatic heterocycles. The van der Waals surface area contributed by atoms with Crippen LogP contribution in [0.4, 0.5) is 5.69 Å². The number of aromatic nitrogens is 3. The second kappa shape index (κ2) is 6.02. The number of hydrogen-bond acceptors (Lipinski definition) is 5. The van der Waals surface area contributed by atoms with Gasteiger partial charge in [-0.05, 0) is 30.4 Å². The van der Waals surface area contributed by atoms with E-state index >= 15 is 0 Å². The molecule has 1 aromatic carbocycles. The molecule has 5 nitrogen and oxygen atoms in total. The molecule has 0 fully saturated rings. The molecule has 0 saturated heterocycles. The molecule has 0 amide bonds. The average Bonchev–Trinajstić information content (AvgIpc) is 3.02. The molecule has 0 spiro atoms. The van der Waals surface area contributed by atoms with Crippen LogP contribution in [0, 0.1) is 0 Å². The van der Waals surface area contributed by atoms with Crippen LogP contribution < -0.4 is 10.5 Å². The SMILES string of the molecule is CCc1nn2c(=O)cc(CN3CC[C@H](C)c4ccccc43)nc2s1. The smallest absolute Gasteiger partial charge is 0.275 e. The highest BCUT2D eigenvalue weighted by molar-refractivity contribution is 7.16. The van der Waals surface area contributed by atoms with Gasteiger partial charge in [0.05, 0.1) is 12.2 Å². The first kappa shape index (κ1) is 15.3. The van der Waals surface area contributed by atoms with Crippen LogP contribution in [-0.2, 0) is 13.0 Å². The molecule has 1 atom stereocenters. The van der Waals surface area contributed by atoms with Crippen molar-refractivity contribution in [1.29, 1.82) is 0 Å². The molecule has 0 bridgehead atoms. The molecule has 0 unspecified atom stereocenters. The molecule has 1 aliphatic rings. The Morgan fingerprint density at radius 2 is 2.17 bits per heavy atom. The molecule has 0 radical (unpaired) electrons. The number of rotatable bonds is 3. The minimum Gasteiger partial charge on any atom is -0.365 e. The van der Waals surface area contributed by atoms with Crippen LogP contribution in [-0.4, -0.2) is 21.1 Å². The molecule has 24 heavy (non-hydrogen) atoms. The normalized spacial score (nSPS) is 17.2. The summed E-state index contributed by atoms with van der Waals surface area (Å²) in [7, 11) is 0. The molecule has 0 saturated carbocycles. The van der Waals surface area contributed by atoms with Gasteiger partial charge in [-0.15, -0.1) is 0 Å². The van der Waals surface area contributed by atoms with Gasteiger partial charge in [-0.25, -0.2) is 4.98 Å². The lowest BCUT2D eigenvalue weighted by atomic mass is 9.91. The van der Waals surface area contributed by atoms with Crippen molar-refractivity contribution < 1.29 is 0 Å². The van der Waals surface area contributed by atoms with Crippen LogP contribution >= 0.6 is 11.3 Å². The van der Waals surface area contributed by atoms with E-state index in [1.54, 1.807) is 6.07 Å². The Labute approximate surface area is 144 Å². The second-order valence-corrected chi connectivity index (χ2v) is 7.34. The van der Waals surface area contributed by atoms with Gasteiger partial charge in [0, 0.05) is 18.3 Å². The lowest BCUT2D eigenvalue weighted by molar-refractivity contribution is 0.605. The van der Waals surface area contributed by atoms with Crippen LogP contribution in [0.5, 0.6) is 0 Å². The summed E-state index contributed by atoms with van der Waals surface area (Å²) in [6.07, 6.45) is 1.94. The second-order valence-electron chi connectivity index (χ2n) is 6.30. The summed E-state index contributed by atoms with van der Waals surface area (Å²) in [5.41, 5.74) is 3.37. The summed E-state index contributed by atoms with van der Waals surface area (Å²) in [5.74, 6) is 0.576. The fraction of sp³-hybridized carbons (Fsp3) is 0.389. The first-order chi connectivity index (χ1) is 11.7. The Kier molecular flexibility index (Phi) is 3.84. The van der Waals surface area contributed by atoms with Crippen molar-refractivity contribution in [3.05, 3.63) is 57.0 Å². The summed E-state index contributed by atoms with van der Waals surface area (Å²) in [6.45, 7) is 5.96. The standard InChI is InChI=1S/C18H20N4OS/c1-3-16-20-22-17(23)10-13(19-18(22)24-16)11-21-9-8-12(2)14-6-4-5-7-15(14)21/h4-7,10,12H,3,8-9,11H2,1-2H3/t12-/m0/s1. The van der Waals surface area contributed by atoms with E-state index in [1.165, 1.54) is 27.1 Å². The lowest BCUT2D eigenvalue weighted by Crippen LogP contribution is -2.31. The van der Waals surface area contributed by atoms with Crippen molar-refractivity contribution in [3.63, 3.8) is 0 Å². The van der Waals surface area contributed by atoms with Gasteiger partial charge in [0.2, 0.25) is 4.96 Å². The summed E-state index contributed by atoms with van der Waals surface area (Å²) in [5, 5.41) is 5.25. The zero-order valence-electron chi connectivity index (χ0n) is 13.9. The zero-order chi connectivity index (χ0) is 16.7. The number of anilines is 1. The van der Waals surface area contributed by atoms with E-state index in [0.29, 0.717) is 17.4 Å². The Morgan fingerprint density at radius 3 is 3.00 bits per heavy atom. The van der Waals surface area contributed by atoms with E-state index in [0.717, 1.165) is 30.1 Å². The van der Waals surface area contributed by atoms with Crippen LogP contribution in [0.1, 0.15) is 42.5 Å². The number of fused-ring (bicyclic) bond motifs is 2. The topological polar surface area (TPSA) is 50.5 Å². The molecule has 124 valence electrons. The predicted molar refractivity (Wildman–Crippen MR) is 97.0 cm³/mol. The predicted octanol–water partition coefficient (Wildman–Crippen LogP) is 3.23. The van der Waals surface area contributed by atoms with Gasteiger partial charge in [-0.2, -0.15) is 9.61 Å². The fourth-order valence-corrected chi connectivity index (χ4v) is 4.15. The van der Waals surface area contributed by atoms with Gasteiger partial charge >= 0.3 is 0 Å². The Morgan fingerprint density at radius 1 is 1.33 bits per heavy atom. The van der Waals surface area contributed by atoms with Crippen molar-refractivity contribution in [1.82, 2.24) is 14.6 Å². The minimum atomic E-state index is -0.0930. The zero-order valence-corrected chi connectivity index (χ0v) is 14.7. The van der Waals surface area contributed by atoms with Crippen molar-refractivity contribution in [3.8, 4) is 0 Å². The molecule has 6 heteroatoms. The summed E-state index contributed by atoms with van der Waals surface area (Å²) in [4.78, 5) is 20.0. The maximum atomic E-state index is 12.3. The summed E-state index contributed by atoms with van der Waals surface area (Å²) >= 11 is 1.50. The molecular weight excluding hydrogens is 320 g/mol. The van der Waals surface area contributed by atoms with Crippen LogP contribution in [0.25, 0.3) is 4.96 Å². The Hall–Kier alpha value is -2.21. The molecule has 3 heterocycles. The van der Waals surface area contributed by atoms with Gasteiger partial charge in [0.1, 0.15) is 5.01 Å². The maximum absolute atomic E-state index is 12.3. The number of para-hydroxylation sites is 1. The summed E-state index contributed by atoms with van der Waals surface area (Å²) < 4.78 is 1.42. The van der Waals surface area contributed by atoms with Crippen LogP contribution in [0.15, 0.2) is 35.1 Å². The fourth-order valence-electron chi connectivity index (χ4n) is 3.30. The molecule has 3 aromatic rings. The van der Waals surface area contributed by atoms with Crippen LogP contribution in [0.2, 0.25) is 0 Å². The highest BCUT2D eigenvalue weighted by Crippen LogP contribution is 2.35. The summed E-state index contributed by atoms with van der Waals surface area (Å²) in [6, 6.07) is 10.2. The quantitative estimate of drug-likeness (QED) is 0.734. The van der Waals surface area contributed by atoms with Gasteiger partial charge in [-0.1, -0.05) is 43.4 Å². The molecule has 0 aliphatic carbocycles. The van der Waals surface area contributed by atoms with E-state index in [4.69, 9.17) is 0 Å². The molecule has 0 N–H and O–H groups in total. The highest BCUT2D eigenvalue weighted by atomic mass is 32.1. The third-order valence-electron chi connectivity index (χ3n) is 4.64. The van der Waals surface area contributed by atoms with E-state index in [1.807, 2.05) is 6.92 Å². The van der Waals surface area contributed by atoms with Gasteiger partial charge in [-0.3, -0.25) is 4.79 Å². The number of nitrogens with zero attached hydrogens (tertiary/aromatic N) is 4. The maximum Gasteiger partial charge on any atom is 0.275 e. The highest BCUT2D eigenvalue weighted by Gasteiger charge is 2.22. The molecule has 1 aliphatic heterocycles. The van der Waals surface area contributed by atoms with Gasteiger partial charge in [0.15, 0.2) is 0 Å². The van der Waals surface area contributed by atoms with Crippen molar-refractivity contribution in [2.24, 2.45) is 0 Å². The monoisotopic (exact) mass is 340 g/mol. The van der Waals surface area contributed by atoms with Gasteiger partial charge in [0.25, 0.3) is 5.56 Å². The number of aryl methyl sites for hydroxylation is 1. The van der Waals surface area contributed by atoms with E-state index < -0.39 is 0 Å². The lowest BCUT2D eigenvalue weighted by Gasteiger charge is -2.34. The number of hydrogen-bond donors (Lipinski definition) is 0. The Bertz CT molecular complexity index is 946.